The largest absolute Gasteiger partial charge is 0.395 e. The third kappa shape index (κ3) is 3.52. The van der Waals surface area contributed by atoms with Crippen LogP contribution in [0.2, 0.25) is 0 Å². The Labute approximate surface area is 110 Å². The zero-order valence-corrected chi connectivity index (χ0v) is 10.5. The summed E-state index contributed by atoms with van der Waals surface area (Å²) in [7, 11) is 0. The second-order valence-electron chi connectivity index (χ2n) is 3.93. The summed E-state index contributed by atoms with van der Waals surface area (Å²) < 4.78 is 0. The first-order valence-electron chi connectivity index (χ1n) is 5.84. The summed E-state index contributed by atoms with van der Waals surface area (Å²) in [6.45, 7) is 1.94. The molecule has 19 heavy (non-hydrogen) atoms. The van der Waals surface area contributed by atoms with Gasteiger partial charge in [0.05, 0.1) is 6.61 Å². The van der Waals surface area contributed by atoms with Gasteiger partial charge in [0, 0.05) is 17.8 Å². The summed E-state index contributed by atoms with van der Waals surface area (Å²) in [6.07, 6.45) is 0. The molecule has 7 nitrogen and oxygen atoms in total. The van der Waals surface area contributed by atoms with E-state index >= 15 is 0 Å². The van der Waals surface area contributed by atoms with E-state index in [4.69, 9.17) is 5.11 Å². The van der Waals surface area contributed by atoms with E-state index in [2.05, 4.69) is 25.8 Å². The maximum absolute atomic E-state index is 11.5. The van der Waals surface area contributed by atoms with E-state index < -0.39 is 0 Å². The van der Waals surface area contributed by atoms with Crippen LogP contribution in [0.5, 0.6) is 0 Å². The Morgan fingerprint density at radius 3 is 3.00 bits per heavy atom. The predicted octanol–water partition coefficient (Wildman–Crippen LogP) is 0.894. The first-order valence-corrected chi connectivity index (χ1v) is 5.84. The molecule has 1 heterocycles. The highest BCUT2D eigenvalue weighted by molar-refractivity contribution is 5.89. The van der Waals surface area contributed by atoms with Gasteiger partial charge in [-0.2, -0.15) is 5.10 Å². The number of benzene rings is 1. The molecule has 0 radical (unpaired) electrons. The summed E-state index contributed by atoms with van der Waals surface area (Å²) in [4.78, 5) is 15.7. The molecule has 0 fully saturated rings. The van der Waals surface area contributed by atoms with E-state index in [1.807, 2.05) is 19.1 Å². The van der Waals surface area contributed by atoms with Crippen molar-refractivity contribution >= 4 is 11.7 Å². The third-order valence-corrected chi connectivity index (χ3v) is 2.37. The van der Waals surface area contributed by atoms with E-state index in [1.54, 1.807) is 12.1 Å². The molecular formula is C12H15N5O2. The molecule has 2 rings (SSSR count). The lowest BCUT2D eigenvalue weighted by atomic mass is 10.2. The van der Waals surface area contributed by atoms with Crippen molar-refractivity contribution in [3.63, 3.8) is 0 Å². The lowest BCUT2D eigenvalue weighted by molar-refractivity contribution is 0.245. The van der Waals surface area contributed by atoms with Crippen molar-refractivity contribution in [2.75, 3.05) is 18.5 Å². The van der Waals surface area contributed by atoms with Crippen molar-refractivity contribution in [3.05, 3.63) is 30.1 Å². The number of anilines is 1. The maximum atomic E-state index is 11.5. The number of rotatable bonds is 4. The second kappa shape index (κ2) is 5.96. The molecule has 0 aliphatic rings. The van der Waals surface area contributed by atoms with Gasteiger partial charge in [-0.15, -0.1) is 0 Å². The van der Waals surface area contributed by atoms with Crippen LogP contribution in [-0.2, 0) is 0 Å². The van der Waals surface area contributed by atoms with Crippen molar-refractivity contribution in [2.24, 2.45) is 0 Å². The molecule has 0 unspecified atom stereocenters. The van der Waals surface area contributed by atoms with E-state index in [-0.39, 0.29) is 19.2 Å². The van der Waals surface area contributed by atoms with Gasteiger partial charge < -0.3 is 15.7 Å². The van der Waals surface area contributed by atoms with Gasteiger partial charge in [-0.25, -0.2) is 9.78 Å². The standard InChI is InChI=1S/C12H15N5O2/c1-8-14-11(17-16-8)9-3-2-4-10(7-9)15-12(19)13-5-6-18/h2-4,7,18H,5-6H2,1H3,(H2,13,15,19)(H,14,16,17). The first kappa shape index (κ1) is 13.0. The molecule has 7 heteroatoms. The fourth-order valence-corrected chi connectivity index (χ4v) is 1.55. The molecule has 0 saturated heterocycles. The van der Waals surface area contributed by atoms with Crippen LogP contribution in [-0.4, -0.2) is 39.5 Å². The topological polar surface area (TPSA) is 103 Å². The van der Waals surface area contributed by atoms with Crippen molar-refractivity contribution in [1.29, 1.82) is 0 Å². The smallest absolute Gasteiger partial charge is 0.319 e. The van der Waals surface area contributed by atoms with Gasteiger partial charge in [-0.3, -0.25) is 5.10 Å². The number of urea groups is 1. The zero-order valence-electron chi connectivity index (χ0n) is 10.5. The monoisotopic (exact) mass is 261 g/mol. The van der Waals surface area contributed by atoms with E-state index in [1.165, 1.54) is 0 Å². The van der Waals surface area contributed by atoms with E-state index in [0.29, 0.717) is 11.5 Å². The van der Waals surface area contributed by atoms with Crippen LogP contribution in [0.4, 0.5) is 10.5 Å². The number of aliphatic hydroxyl groups excluding tert-OH is 1. The van der Waals surface area contributed by atoms with Gasteiger partial charge in [-0.1, -0.05) is 12.1 Å². The Bertz CT molecular complexity index is 567. The molecule has 2 amide bonds. The number of carbonyl (C=O) groups is 1. The summed E-state index contributed by atoms with van der Waals surface area (Å²) in [5, 5.41) is 20.6. The number of amides is 2. The Kier molecular flexibility index (Phi) is 4.09. The molecule has 4 N–H and O–H groups in total. The molecule has 1 aromatic carbocycles. The molecule has 0 bridgehead atoms. The molecule has 1 aromatic heterocycles. The Hall–Kier alpha value is -2.41. The predicted molar refractivity (Wildman–Crippen MR) is 70.7 cm³/mol. The lowest BCUT2D eigenvalue weighted by Crippen LogP contribution is -2.30. The Balaban J connectivity index is 2.09. The summed E-state index contributed by atoms with van der Waals surface area (Å²) >= 11 is 0. The number of H-pyrrole nitrogens is 1. The van der Waals surface area contributed by atoms with Crippen LogP contribution >= 0.6 is 0 Å². The van der Waals surface area contributed by atoms with Crippen LogP contribution in [0, 0.1) is 6.92 Å². The van der Waals surface area contributed by atoms with Gasteiger partial charge in [-0.05, 0) is 19.1 Å². The number of aryl methyl sites for hydroxylation is 1. The number of hydrogen-bond donors (Lipinski definition) is 4. The minimum Gasteiger partial charge on any atom is -0.395 e. The SMILES string of the molecule is Cc1nc(-c2cccc(NC(=O)NCCO)c2)n[nH]1. The van der Waals surface area contributed by atoms with Gasteiger partial charge >= 0.3 is 6.03 Å². The van der Waals surface area contributed by atoms with Crippen LogP contribution in [0.25, 0.3) is 11.4 Å². The molecule has 100 valence electrons. The molecule has 0 atom stereocenters. The number of nitrogens with one attached hydrogen (secondary N) is 3. The lowest BCUT2D eigenvalue weighted by Gasteiger charge is -2.07. The van der Waals surface area contributed by atoms with E-state index in [9.17, 15) is 4.79 Å². The number of nitrogens with zero attached hydrogens (tertiary/aromatic N) is 2. The number of aliphatic hydroxyl groups is 1. The molecule has 0 aliphatic heterocycles. The van der Waals surface area contributed by atoms with Gasteiger partial charge in [0.25, 0.3) is 0 Å². The van der Waals surface area contributed by atoms with Crippen LogP contribution in [0.3, 0.4) is 0 Å². The van der Waals surface area contributed by atoms with Crippen molar-refractivity contribution in [2.45, 2.75) is 6.92 Å². The van der Waals surface area contributed by atoms with Gasteiger partial charge in [0.2, 0.25) is 0 Å². The minimum absolute atomic E-state index is 0.0933. The molecule has 0 aliphatic carbocycles. The number of carbonyl (C=O) groups excluding carboxylic acids is 1. The molecule has 0 spiro atoms. The summed E-state index contributed by atoms with van der Waals surface area (Å²) in [5.41, 5.74) is 1.44. The highest BCUT2D eigenvalue weighted by atomic mass is 16.3. The highest BCUT2D eigenvalue weighted by Gasteiger charge is 2.06. The van der Waals surface area contributed by atoms with Crippen LogP contribution < -0.4 is 10.6 Å². The molecule has 2 aromatic rings. The van der Waals surface area contributed by atoms with Crippen molar-refractivity contribution in [3.8, 4) is 11.4 Å². The summed E-state index contributed by atoms with van der Waals surface area (Å²) in [5.74, 6) is 1.31. The zero-order chi connectivity index (χ0) is 13.7. The minimum atomic E-state index is -0.364. The normalized spacial score (nSPS) is 10.2. The fraction of sp³-hybridized carbons (Fsp3) is 0.250. The Morgan fingerprint density at radius 1 is 1.47 bits per heavy atom. The van der Waals surface area contributed by atoms with Gasteiger partial charge in [0.15, 0.2) is 5.82 Å². The van der Waals surface area contributed by atoms with E-state index in [0.717, 1.165) is 11.4 Å². The van der Waals surface area contributed by atoms with Gasteiger partial charge in [0.1, 0.15) is 5.82 Å². The highest BCUT2D eigenvalue weighted by Crippen LogP contribution is 2.19. The Morgan fingerprint density at radius 2 is 2.32 bits per heavy atom. The molecule has 0 saturated carbocycles. The van der Waals surface area contributed by atoms with Crippen molar-refractivity contribution in [1.82, 2.24) is 20.5 Å². The number of hydrogen-bond acceptors (Lipinski definition) is 4. The number of aromatic nitrogens is 3. The number of aromatic amines is 1. The van der Waals surface area contributed by atoms with Crippen LogP contribution in [0.1, 0.15) is 5.82 Å². The second-order valence-corrected chi connectivity index (χ2v) is 3.93. The average Bonchev–Trinajstić information content (AvgIpc) is 2.83. The van der Waals surface area contributed by atoms with Crippen LogP contribution in [0.15, 0.2) is 24.3 Å². The summed E-state index contributed by atoms with van der Waals surface area (Å²) in [6, 6.07) is 6.85. The molecular weight excluding hydrogens is 246 g/mol. The van der Waals surface area contributed by atoms with Crippen molar-refractivity contribution < 1.29 is 9.90 Å². The fourth-order valence-electron chi connectivity index (χ4n) is 1.55. The first-order chi connectivity index (χ1) is 9.19. The average molecular weight is 261 g/mol. The quantitative estimate of drug-likeness (QED) is 0.656. The third-order valence-electron chi connectivity index (χ3n) is 2.37. The maximum Gasteiger partial charge on any atom is 0.319 e.